The highest BCUT2D eigenvalue weighted by Gasteiger charge is 2.26. The fourth-order valence-corrected chi connectivity index (χ4v) is 11.9. The molecule has 2 unspecified atom stereocenters. The van der Waals surface area contributed by atoms with Crippen molar-refractivity contribution in [2.45, 2.75) is 367 Å². The van der Waals surface area contributed by atoms with Crippen LogP contribution in [0.2, 0.25) is 0 Å². The molecule has 536 valence electrons. The standard InChI is InChI=1S/C83H146NO8P/c1-3-5-7-9-11-13-15-17-19-21-23-25-27-29-31-33-35-36-37-38-39-40-41-42-43-44-46-47-49-51-53-55-57-59-61-63-65-67-69-71-73-75-82(85)89-79-81(80-91-93(87,88)90-78-77-84)92-83(86)76-74-72-70-68-66-64-62-60-58-56-54-52-50-48-45-34-32-30-28-26-24-22-20-18-16-14-12-10-8-6-4-2/h6,8,12,14-15,17-18,20-21,23-24,26-27,29-30,32,45,48,52,54,81H,3-5,7,9-11,13,16,19,22,25,28,31,33-44,46-47,49-51,53,55-80,84H2,1-2H3,(H,87,88)/b8-6-,14-12-,17-15-,20-18-,23-21-,26-24-,29-27-,32-30-,48-45-,54-52-. The van der Waals surface area contributed by atoms with Gasteiger partial charge in [-0.15, -0.1) is 0 Å². The van der Waals surface area contributed by atoms with Crippen molar-refractivity contribution >= 4 is 19.8 Å². The van der Waals surface area contributed by atoms with Crippen LogP contribution in [0, 0.1) is 0 Å². The molecule has 0 saturated heterocycles. The summed E-state index contributed by atoms with van der Waals surface area (Å²) in [7, 11) is -4.40. The third kappa shape index (κ3) is 77.3. The molecule has 0 spiro atoms. The number of allylic oxidation sites excluding steroid dienone is 20. The quantitative estimate of drug-likeness (QED) is 0.0264. The minimum Gasteiger partial charge on any atom is -0.462 e. The van der Waals surface area contributed by atoms with Crippen molar-refractivity contribution in [3.63, 3.8) is 0 Å². The van der Waals surface area contributed by atoms with E-state index in [4.69, 9.17) is 24.3 Å². The Morgan fingerprint density at radius 3 is 0.882 bits per heavy atom. The molecular weight excluding hydrogens is 1170 g/mol. The number of hydrogen-bond acceptors (Lipinski definition) is 8. The zero-order valence-corrected chi connectivity index (χ0v) is 61.4. The van der Waals surface area contributed by atoms with Crippen molar-refractivity contribution in [2.75, 3.05) is 26.4 Å². The third-order valence-corrected chi connectivity index (χ3v) is 17.8. The largest absolute Gasteiger partial charge is 0.472 e. The number of phosphoric ester groups is 1. The van der Waals surface area contributed by atoms with Gasteiger partial charge in [-0.2, -0.15) is 0 Å². The maximum atomic E-state index is 12.8. The number of phosphoric acid groups is 1. The summed E-state index contributed by atoms with van der Waals surface area (Å²) in [6.45, 7) is 3.64. The van der Waals surface area contributed by atoms with E-state index in [9.17, 15) is 19.0 Å². The van der Waals surface area contributed by atoms with E-state index >= 15 is 0 Å². The van der Waals surface area contributed by atoms with E-state index in [-0.39, 0.29) is 38.6 Å². The lowest BCUT2D eigenvalue weighted by Crippen LogP contribution is -2.29. The van der Waals surface area contributed by atoms with Crippen molar-refractivity contribution in [3.8, 4) is 0 Å². The second-order valence-electron chi connectivity index (χ2n) is 25.8. The van der Waals surface area contributed by atoms with Crippen LogP contribution in [0.5, 0.6) is 0 Å². The van der Waals surface area contributed by atoms with Gasteiger partial charge < -0.3 is 20.1 Å². The molecule has 0 aromatic heterocycles. The summed E-state index contributed by atoms with van der Waals surface area (Å²) in [5, 5.41) is 0. The second-order valence-corrected chi connectivity index (χ2v) is 27.3. The Balaban J connectivity index is 3.82. The predicted molar refractivity (Wildman–Crippen MR) is 404 cm³/mol. The van der Waals surface area contributed by atoms with Crippen LogP contribution in [0.4, 0.5) is 0 Å². The molecule has 3 N–H and O–H groups in total. The van der Waals surface area contributed by atoms with Gasteiger partial charge in [0.15, 0.2) is 6.10 Å². The maximum absolute atomic E-state index is 12.8. The number of carbonyl (C=O) groups excluding carboxylic acids is 2. The van der Waals surface area contributed by atoms with Gasteiger partial charge in [0.25, 0.3) is 0 Å². The predicted octanol–water partition coefficient (Wildman–Crippen LogP) is 26.2. The van der Waals surface area contributed by atoms with Crippen LogP contribution < -0.4 is 5.73 Å². The summed E-state index contributed by atoms with van der Waals surface area (Å²) < 4.78 is 33.2. The Labute approximate surface area is 574 Å². The number of hydrogen-bond donors (Lipinski definition) is 2. The number of nitrogens with two attached hydrogens (primary N) is 1. The first-order chi connectivity index (χ1) is 45.8. The smallest absolute Gasteiger partial charge is 0.462 e. The fourth-order valence-electron chi connectivity index (χ4n) is 11.1. The number of carbonyl (C=O) groups is 2. The molecule has 0 fully saturated rings. The highest BCUT2D eigenvalue weighted by molar-refractivity contribution is 7.47. The molecule has 0 radical (unpaired) electrons. The lowest BCUT2D eigenvalue weighted by atomic mass is 10.0. The van der Waals surface area contributed by atoms with E-state index in [0.29, 0.717) is 6.42 Å². The van der Waals surface area contributed by atoms with E-state index in [2.05, 4.69) is 135 Å². The number of rotatable bonds is 73. The molecule has 0 saturated carbocycles. The average Bonchev–Trinajstić information content (AvgIpc) is 3.70. The van der Waals surface area contributed by atoms with Gasteiger partial charge in [0.05, 0.1) is 13.2 Å². The van der Waals surface area contributed by atoms with Gasteiger partial charge in [-0.25, -0.2) is 4.57 Å². The molecule has 0 aliphatic rings. The van der Waals surface area contributed by atoms with Gasteiger partial charge in [-0.3, -0.25) is 18.6 Å². The van der Waals surface area contributed by atoms with Crippen LogP contribution >= 0.6 is 7.82 Å². The van der Waals surface area contributed by atoms with Crippen molar-refractivity contribution in [1.29, 1.82) is 0 Å². The lowest BCUT2D eigenvalue weighted by Gasteiger charge is -2.19. The number of esters is 2. The van der Waals surface area contributed by atoms with Crippen LogP contribution in [-0.4, -0.2) is 49.3 Å². The van der Waals surface area contributed by atoms with Crippen molar-refractivity contribution in [2.24, 2.45) is 5.73 Å². The third-order valence-electron chi connectivity index (χ3n) is 16.8. The highest BCUT2D eigenvalue weighted by Crippen LogP contribution is 2.43. The summed E-state index contributed by atoms with van der Waals surface area (Å²) in [6, 6.07) is 0. The minimum atomic E-state index is -4.40. The maximum Gasteiger partial charge on any atom is 0.472 e. The summed E-state index contributed by atoms with van der Waals surface area (Å²) in [4.78, 5) is 35.4. The Morgan fingerprint density at radius 2 is 0.591 bits per heavy atom. The van der Waals surface area contributed by atoms with Gasteiger partial charge >= 0.3 is 19.8 Å². The molecule has 0 amide bonds. The monoisotopic (exact) mass is 1320 g/mol. The number of unbranched alkanes of at least 4 members (excludes halogenated alkanes) is 40. The topological polar surface area (TPSA) is 134 Å². The van der Waals surface area contributed by atoms with Gasteiger partial charge in [0.2, 0.25) is 0 Å². The molecule has 0 heterocycles. The van der Waals surface area contributed by atoms with Crippen molar-refractivity contribution in [1.82, 2.24) is 0 Å². The molecule has 9 nitrogen and oxygen atoms in total. The normalized spacial score (nSPS) is 13.5. The van der Waals surface area contributed by atoms with E-state index in [1.54, 1.807) is 0 Å². The first-order valence-electron chi connectivity index (χ1n) is 39.0. The zero-order chi connectivity index (χ0) is 67.2. The molecular formula is C83H146NO8P. The van der Waals surface area contributed by atoms with Gasteiger partial charge in [-0.1, -0.05) is 360 Å². The molecule has 10 heteroatoms. The Bertz CT molecular complexity index is 1950. The van der Waals surface area contributed by atoms with E-state index in [1.165, 1.54) is 225 Å². The SMILES string of the molecule is CC/C=C\C/C=C\C/C=C\C/C=C\C/C=C\C/C=C\C/C=C\CCCCCCCCCCCC(=O)OC(COC(=O)CCCCCCCCCCCCCCCCCCCCCCCCCCCC/C=C\C/C=C\C/C=C\CCCCCCC)COP(=O)(O)OCCN. The summed E-state index contributed by atoms with van der Waals surface area (Å²) >= 11 is 0. The lowest BCUT2D eigenvalue weighted by molar-refractivity contribution is -0.161. The number of ether oxygens (including phenoxy) is 2. The average molecular weight is 1320 g/mol. The van der Waals surface area contributed by atoms with Crippen LogP contribution in [0.3, 0.4) is 0 Å². The minimum absolute atomic E-state index is 0.0488. The van der Waals surface area contributed by atoms with E-state index < -0.39 is 26.5 Å². The molecule has 0 aliphatic heterocycles. The molecule has 0 bridgehead atoms. The molecule has 0 aromatic carbocycles. The highest BCUT2D eigenvalue weighted by atomic mass is 31.2. The molecule has 0 rings (SSSR count). The van der Waals surface area contributed by atoms with E-state index in [0.717, 1.165) is 103 Å². The fraction of sp³-hybridized carbons (Fsp3) is 0.735. The molecule has 0 aliphatic carbocycles. The van der Waals surface area contributed by atoms with Crippen LogP contribution in [0.25, 0.3) is 0 Å². The summed E-state index contributed by atoms with van der Waals surface area (Å²) in [6.07, 6.45) is 109. The van der Waals surface area contributed by atoms with Gasteiger partial charge in [-0.05, 0) is 109 Å². The molecule has 93 heavy (non-hydrogen) atoms. The van der Waals surface area contributed by atoms with E-state index in [1.807, 2.05) is 0 Å². The van der Waals surface area contributed by atoms with Crippen LogP contribution in [0.1, 0.15) is 361 Å². The van der Waals surface area contributed by atoms with Crippen LogP contribution in [0.15, 0.2) is 122 Å². The molecule has 2 atom stereocenters. The van der Waals surface area contributed by atoms with Crippen molar-refractivity contribution < 1.29 is 37.6 Å². The Kier molecular flexibility index (Phi) is 74.4. The second kappa shape index (κ2) is 77.4. The van der Waals surface area contributed by atoms with Crippen LogP contribution in [-0.2, 0) is 32.7 Å². The summed E-state index contributed by atoms with van der Waals surface area (Å²) in [5.41, 5.74) is 5.41. The first kappa shape index (κ1) is 89.4. The zero-order valence-electron chi connectivity index (χ0n) is 60.5. The first-order valence-corrected chi connectivity index (χ1v) is 40.5. The Morgan fingerprint density at radius 1 is 0.333 bits per heavy atom. The molecule has 0 aromatic rings. The Hall–Kier alpha value is -3.59. The van der Waals surface area contributed by atoms with Crippen molar-refractivity contribution in [3.05, 3.63) is 122 Å². The van der Waals surface area contributed by atoms with Gasteiger partial charge in [0.1, 0.15) is 6.61 Å². The van der Waals surface area contributed by atoms with Gasteiger partial charge in [0, 0.05) is 19.4 Å². The summed E-state index contributed by atoms with van der Waals surface area (Å²) in [5.74, 6) is -0.826.